The normalized spacial score (nSPS) is 8.73. The number of aromatic nitrogens is 1. The van der Waals surface area contributed by atoms with Crippen molar-refractivity contribution < 1.29 is 9.47 Å². The largest absolute Gasteiger partial charge is 0.619 e. The molecule has 1 aromatic heterocycles. The van der Waals surface area contributed by atoms with Crippen molar-refractivity contribution in [3.05, 3.63) is 29.2 Å². The first-order valence-electron chi connectivity index (χ1n) is 2.95. The van der Waals surface area contributed by atoms with E-state index >= 15 is 0 Å². The third kappa shape index (κ3) is 1.38. The topological polar surface area (TPSA) is 60.0 Å². The van der Waals surface area contributed by atoms with Crippen LogP contribution in [-0.2, 0) is 0 Å². The lowest BCUT2D eigenvalue weighted by Crippen LogP contribution is -2.24. The zero-order valence-corrected chi connectivity index (χ0v) is 5.94. The SMILES string of the molecule is COc1cc[n+]([O-])cc1C#N. The number of nitrogens with zero attached hydrogens (tertiary/aromatic N) is 2. The molecule has 0 saturated heterocycles. The first kappa shape index (κ1) is 7.35. The third-order valence-electron chi connectivity index (χ3n) is 1.23. The van der Waals surface area contributed by atoms with Gasteiger partial charge in [0, 0.05) is 6.07 Å². The fraction of sp³-hybridized carbons (Fsp3) is 0.143. The van der Waals surface area contributed by atoms with Crippen molar-refractivity contribution in [2.75, 3.05) is 7.11 Å². The molecule has 0 radical (unpaired) electrons. The number of hydrogen-bond acceptors (Lipinski definition) is 3. The molecule has 0 aromatic carbocycles. The van der Waals surface area contributed by atoms with Crippen LogP contribution in [0.15, 0.2) is 18.5 Å². The minimum Gasteiger partial charge on any atom is -0.619 e. The Bertz CT molecular complexity index is 304. The van der Waals surface area contributed by atoms with Gasteiger partial charge in [0.15, 0.2) is 11.8 Å². The van der Waals surface area contributed by atoms with E-state index in [0.29, 0.717) is 10.5 Å². The van der Waals surface area contributed by atoms with Crippen molar-refractivity contribution in [3.63, 3.8) is 0 Å². The molecule has 0 amide bonds. The van der Waals surface area contributed by atoms with E-state index in [0.717, 1.165) is 0 Å². The zero-order chi connectivity index (χ0) is 8.27. The average molecular weight is 150 g/mol. The van der Waals surface area contributed by atoms with E-state index in [2.05, 4.69) is 0 Å². The molecule has 4 nitrogen and oxygen atoms in total. The third-order valence-corrected chi connectivity index (χ3v) is 1.23. The Morgan fingerprint density at radius 3 is 3.00 bits per heavy atom. The molecule has 56 valence electrons. The second kappa shape index (κ2) is 2.88. The summed E-state index contributed by atoms with van der Waals surface area (Å²) >= 11 is 0. The summed E-state index contributed by atoms with van der Waals surface area (Å²) in [5, 5.41) is 19.1. The van der Waals surface area contributed by atoms with E-state index in [1.54, 1.807) is 0 Å². The van der Waals surface area contributed by atoms with Gasteiger partial charge in [0.25, 0.3) is 0 Å². The maximum absolute atomic E-state index is 10.6. The number of methoxy groups -OCH3 is 1. The Kier molecular flexibility index (Phi) is 1.93. The molecule has 0 bridgehead atoms. The summed E-state index contributed by atoms with van der Waals surface area (Å²) in [4.78, 5) is 0. The summed E-state index contributed by atoms with van der Waals surface area (Å²) in [6.07, 6.45) is 2.44. The lowest BCUT2D eigenvalue weighted by atomic mass is 10.3. The van der Waals surface area contributed by atoms with Crippen molar-refractivity contribution >= 4 is 0 Å². The minimum absolute atomic E-state index is 0.241. The van der Waals surface area contributed by atoms with Crippen molar-refractivity contribution in [1.82, 2.24) is 0 Å². The standard InChI is InChI=1S/C7H6N2O2/c1-11-7-2-3-9(10)5-6(7)4-8/h2-3,5H,1H3. The summed E-state index contributed by atoms with van der Waals surface area (Å²) in [6, 6.07) is 3.29. The molecule has 1 aromatic rings. The monoisotopic (exact) mass is 150 g/mol. The van der Waals surface area contributed by atoms with Gasteiger partial charge >= 0.3 is 0 Å². The summed E-state index contributed by atoms with van der Waals surface area (Å²) in [5.41, 5.74) is 0.241. The van der Waals surface area contributed by atoms with Crippen LogP contribution < -0.4 is 9.47 Å². The number of ether oxygens (including phenoxy) is 1. The van der Waals surface area contributed by atoms with Crippen LogP contribution in [-0.4, -0.2) is 7.11 Å². The lowest BCUT2D eigenvalue weighted by molar-refractivity contribution is -0.605. The summed E-state index contributed by atoms with van der Waals surface area (Å²) in [7, 11) is 1.45. The molecule has 0 spiro atoms. The summed E-state index contributed by atoms with van der Waals surface area (Å²) in [6.45, 7) is 0. The van der Waals surface area contributed by atoms with Gasteiger partial charge in [0.2, 0.25) is 6.20 Å². The maximum Gasteiger partial charge on any atom is 0.201 e. The van der Waals surface area contributed by atoms with Crippen LogP contribution in [0.1, 0.15) is 5.56 Å². The summed E-state index contributed by atoms with van der Waals surface area (Å²) < 4.78 is 5.37. The molecule has 1 rings (SSSR count). The van der Waals surface area contributed by atoms with Crippen LogP contribution in [0.3, 0.4) is 0 Å². The van der Waals surface area contributed by atoms with Gasteiger partial charge in [-0.15, -0.1) is 0 Å². The number of nitriles is 1. The predicted octanol–water partition coefficient (Wildman–Crippen LogP) is 0.200. The molecule has 0 unspecified atom stereocenters. The van der Waals surface area contributed by atoms with Crippen LogP contribution >= 0.6 is 0 Å². The van der Waals surface area contributed by atoms with Gasteiger partial charge < -0.3 is 9.94 Å². The molecule has 0 N–H and O–H groups in total. The zero-order valence-electron chi connectivity index (χ0n) is 5.94. The highest BCUT2D eigenvalue weighted by atomic mass is 16.5. The van der Waals surface area contributed by atoms with Crippen LogP contribution in [0, 0.1) is 16.5 Å². The smallest absolute Gasteiger partial charge is 0.201 e. The lowest BCUT2D eigenvalue weighted by Gasteiger charge is -2.00. The van der Waals surface area contributed by atoms with Crippen molar-refractivity contribution in [2.45, 2.75) is 0 Å². The fourth-order valence-electron chi connectivity index (χ4n) is 0.727. The van der Waals surface area contributed by atoms with Crippen LogP contribution in [0.25, 0.3) is 0 Å². The Labute approximate surface area is 63.8 Å². The summed E-state index contributed by atoms with van der Waals surface area (Å²) in [5.74, 6) is 0.416. The Morgan fingerprint density at radius 1 is 1.73 bits per heavy atom. The quantitative estimate of drug-likeness (QED) is 0.424. The first-order chi connectivity index (χ1) is 5.27. The van der Waals surface area contributed by atoms with Gasteiger partial charge in [0.05, 0.1) is 7.11 Å². The van der Waals surface area contributed by atoms with Crippen LogP contribution in [0.4, 0.5) is 0 Å². The molecule has 4 heteroatoms. The van der Waals surface area contributed by atoms with Gasteiger partial charge in [-0.3, -0.25) is 0 Å². The second-order valence-electron chi connectivity index (χ2n) is 1.90. The highest BCUT2D eigenvalue weighted by Gasteiger charge is 2.04. The minimum atomic E-state index is 0.241. The molecular weight excluding hydrogens is 144 g/mol. The molecule has 0 aliphatic heterocycles. The van der Waals surface area contributed by atoms with Crippen molar-refractivity contribution in [1.29, 1.82) is 5.26 Å². The van der Waals surface area contributed by atoms with E-state index < -0.39 is 0 Å². The van der Waals surface area contributed by atoms with Crippen LogP contribution in [0.5, 0.6) is 5.75 Å². The number of pyridine rings is 1. The van der Waals surface area contributed by atoms with Gasteiger partial charge in [-0.25, -0.2) is 0 Å². The van der Waals surface area contributed by atoms with E-state index in [9.17, 15) is 5.21 Å². The number of hydrogen-bond donors (Lipinski definition) is 0. The molecule has 0 saturated carbocycles. The Hall–Kier alpha value is -1.76. The maximum atomic E-state index is 10.6. The fourth-order valence-corrected chi connectivity index (χ4v) is 0.727. The first-order valence-corrected chi connectivity index (χ1v) is 2.95. The van der Waals surface area contributed by atoms with E-state index in [1.807, 2.05) is 6.07 Å². The predicted molar refractivity (Wildman–Crippen MR) is 36.7 cm³/mol. The average Bonchev–Trinajstić information content (AvgIpc) is 2.04. The molecule has 0 aliphatic carbocycles. The molecule has 0 aliphatic rings. The second-order valence-corrected chi connectivity index (χ2v) is 1.90. The molecule has 0 fully saturated rings. The van der Waals surface area contributed by atoms with Crippen molar-refractivity contribution in [3.8, 4) is 11.8 Å². The molecule has 11 heavy (non-hydrogen) atoms. The van der Waals surface area contributed by atoms with Gasteiger partial charge in [0.1, 0.15) is 11.8 Å². The molecule has 1 heterocycles. The highest BCUT2D eigenvalue weighted by Crippen LogP contribution is 2.12. The highest BCUT2D eigenvalue weighted by molar-refractivity contribution is 5.38. The van der Waals surface area contributed by atoms with Gasteiger partial charge in [-0.1, -0.05) is 0 Å². The van der Waals surface area contributed by atoms with Crippen molar-refractivity contribution in [2.24, 2.45) is 0 Å². The van der Waals surface area contributed by atoms with Crippen LogP contribution in [0.2, 0.25) is 0 Å². The Morgan fingerprint density at radius 2 is 2.45 bits per heavy atom. The van der Waals surface area contributed by atoms with Gasteiger partial charge in [-0.05, 0) is 0 Å². The van der Waals surface area contributed by atoms with Gasteiger partial charge in [-0.2, -0.15) is 9.99 Å². The van der Waals surface area contributed by atoms with E-state index in [4.69, 9.17) is 10.00 Å². The van der Waals surface area contributed by atoms with E-state index in [-0.39, 0.29) is 5.56 Å². The molecular formula is C7H6N2O2. The Balaban J connectivity index is 3.19. The number of rotatable bonds is 1. The van der Waals surface area contributed by atoms with E-state index in [1.165, 1.54) is 25.6 Å². The molecule has 0 atom stereocenters.